The van der Waals surface area contributed by atoms with Crippen LogP contribution in [0.3, 0.4) is 0 Å². The van der Waals surface area contributed by atoms with Crippen LogP contribution >= 0.6 is 11.6 Å². The van der Waals surface area contributed by atoms with Crippen molar-refractivity contribution in [3.05, 3.63) is 78.7 Å². The van der Waals surface area contributed by atoms with Crippen molar-refractivity contribution in [3.63, 3.8) is 0 Å². The third-order valence-corrected chi connectivity index (χ3v) is 4.47. The summed E-state index contributed by atoms with van der Waals surface area (Å²) in [6.07, 6.45) is 1.31. The Bertz CT molecular complexity index is 1050. The quantitative estimate of drug-likeness (QED) is 0.724. The molecule has 0 fully saturated rings. The third kappa shape index (κ3) is 3.33. The first-order valence-corrected chi connectivity index (χ1v) is 8.46. The molecule has 9 heteroatoms. The van der Waals surface area contributed by atoms with Crippen LogP contribution in [0.25, 0.3) is 0 Å². The Kier molecular flexibility index (Phi) is 4.44. The van der Waals surface area contributed by atoms with Crippen molar-refractivity contribution in [3.8, 4) is 0 Å². The van der Waals surface area contributed by atoms with E-state index in [2.05, 4.69) is 15.1 Å². The Morgan fingerprint density at radius 2 is 1.96 bits per heavy atom. The van der Waals surface area contributed by atoms with Gasteiger partial charge in [0.05, 0.1) is 24.5 Å². The minimum Gasteiger partial charge on any atom is -0.370 e. The highest BCUT2D eigenvalue weighted by atomic mass is 35.5. The number of halogens is 1. The molecule has 0 bridgehead atoms. The fraction of sp³-hybridized carbons (Fsp3) is 0.294. The molecule has 134 valence electrons. The second-order valence-corrected chi connectivity index (χ2v) is 6.44. The second-order valence-electron chi connectivity index (χ2n) is 6.00. The highest BCUT2D eigenvalue weighted by Crippen LogP contribution is 2.13. The van der Waals surface area contributed by atoms with Gasteiger partial charge in [0.15, 0.2) is 5.82 Å². The van der Waals surface area contributed by atoms with Crippen LogP contribution < -0.4 is 11.2 Å². The van der Waals surface area contributed by atoms with Crippen LogP contribution in [0.1, 0.15) is 28.5 Å². The van der Waals surface area contributed by atoms with Crippen LogP contribution in [0.5, 0.6) is 0 Å². The van der Waals surface area contributed by atoms with Gasteiger partial charge in [-0.3, -0.25) is 9.36 Å². The maximum absolute atomic E-state index is 12.4. The molecule has 26 heavy (non-hydrogen) atoms. The number of hydrogen-bond acceptors (Lipinski definition) is 6. The zero-order valence-electron chi connectivity index (χ0n) is 13.7. The van der Waals surface area contributed by atoms with Crippen molar-refractivity contribution < 1.29 is 9.26 Å². The molecule has 0 saturated carbocycles. The summed E-state index contributed by atoms with van der Waals surface area (Å²) < 4.78 is 11.4. The van der Waals surface area contributed by atoms with Crippen LogP contribution in [0.2, 0.25) is 5.02 Å². The second kappa shape index (κ2) is 6.89. The lowest BCUT2D eigenvalue weighted by Gasteiger charge is -2.03. The van der Waals surface area contributed by atoms with Gasteiger partial charge in [-0.2, -0.15) is 4.98 Å². The van der Waals surface area contributed by atoms with Crippen LogP contribution in [0, 0.1) is 0 Å². The maximum atomic E-state index is 12.4. The molecule has 1 N–H and O–H groups in total. The van der Waals surface area contributed by atoms with Gasteiger partial charge in [0.1, 0.15) is 6.54 Å². The Labute approximate surface area is 152 Å². The number of H-pyrrole nitrogens is 1. The monoisotopic (exact) mass is 374 g/mol. The average Bonchev–Trinajstić information content (AvgIpc) is 3.27. The number of ether oxygens (including phenoxy) is 1. The number of nitrogens with zero attached hydrogens (tertiary/aromatic N) is 3. The molecule has 0 radical (unpaired) electrons. The molecular weight excluding hydrogens is 360 g/mol. The van der Waals surface area contributed by atoms with Crippen molar-refractivity contribution in [1.82, 2.24) is 19.7 Å². The van der Waals surface area contributed by atoms with Crippen molar-refractivity contribution >= 4 is 11.6 Å². The molecular formula is C17H15ClN4O4. The van der Waals surface area contributed by atoms with Gasteiger partial charge in [-0.15, -0.1) is 0 Å². The summed E-state index contributed by atoms with van der Waals surface area (Å²) in [6, 6.07) is 7.54. The Balaban J connectivity index is 1.48. The summed E-state index contributed by atoms with van der Waals surface area (Å²) in [5.41, 5.74) is 1.20. The zero-order valence-corrected chi connectivity index (χ0v) is 14.5. The zero-order chi connectivity index (χ0) is 18.1. The van der Waals surface area contributed by atoms with Gasteiger partial charge in [0.2, 0.25) is 5.89 Å². The fourth-order valence-corrected chi connectivity index (χ4v) is 2.95. The molecule has 0 amide bonds. The normalized spacial score (nSPS) is 13.1. The number of aromatic nitrogens is 4. The number of nitrogens with one attached hydrogen (secondary N) is 1. The van der Waals surface area contributed by atoms with E-state index in [1.54, 1.807) is 0 Å². The average molecular weight is 375 g/mol. The number of rotatable bonds is 5. The minimum absolute atomic E-state index is 0.0740. The topological polar surface area (TPSA) is 103 Å². The molecule has 1 aliphatic heterocycles. The summed E-state index contributed by atoms with van der Waals surface area (Å²) in [4.78, 5) is 31.4. The van der Waals surface area contributed by atoms with Gasteiger partial charge in [-0.1, -0.05) is 28.9 Å². The summed E-state index contributed by atoms with van der Waals surface area (Å²) in [5.74, 6) is 0.728. The van der Waals surface area contributed by atoms with E-state index in [0.29, 0.717) is 28.5 Å². The van der Waals surface area contributed by atoms with E-state index in [-0.39, 0.29) is 31.2 Å². The summed E-state index contributed by atoms with van der Waals surface area (Å²) in [6.45, 7) is 0.368. The van der Waals surface area contributed by atoms with Crippen LogP contribution in [0.15, 0.2) is 38.4 Å². The third-order valence-electron chi connectivity index (χ3n) is 4.22. The van der Waals surface area contributed by atoms with Crippen LogP contribution in [-0.4, -0.2) is 19.7 Å². The van der Waals surface area contributed by atoms with Gasteiger partial charge >= 0.3 is 5.69 Å². The van der Waals surface area contributed by atoms with E-state index in [9.17, 15) is 9.59 Å². The predicted octanol–water partition coefficient (Wildman–Crippen LogP) is 1.44. The number of fused-ring (bicyclic) bond motifs is 1. The largest absolute Gasteiger partial charge is 0.370 e. The molecule has 3 aromatic rings. The van der Waals surface area contributed by atoms with Gasteiger partial charge < -0.3 is 14.2 Å². The van der Waals surface area contributed by atoms with E-state index in [0.717, 1.165) is 16.6 Å². The molecule has 8 nitrogen and oxygen atoms in total. The molecule has 0 spiro atoms. The molecule has 3 heterocycles. The van der Waals surface area contributed by atoms with Gasteiger partial charge in [-0.05, 0) is 24.1 Å². The van der Waals surface area contributed by atoms with Crippen molar-refractivity contribution in [2.45, 2.75) is 32.6 Å². The fourth-order valence-electron chi connectivity index (χ4n) is 2.83. The van der Waals surface area contributed by atoms with Gasteiger partial charge in [-0.25, -0.2) is 4.79 Å². The molecule has 0 aliphatic carbocycles. The van der Waals surface area contributed by atoms with E-state index in [1.165, 1.54) is 0 Å². The summed E-state index contributed by atoms with van der Waals surface area (Å²) >= 11 is 5.87. The van der Waals surface area contributed by atoms with E-state index in [1.807, 2.05) is 24.3 Å². The summed E-state index contributed by atoms with van der Waals surface area (Å²) in [7, 11) is 0. The highest BCUT2D eigenvalue weighted by Gasteiger charge is 2.20. The lowest BCUT2D eigenvalue weighted by atomic mass is 10.1. The van der Waals surface area contributed by atoms with Gasteiger partial charge in [0.25, 0.3) is 5.56 Å². The van der Waals surface area contributed by atoms with Gasteiger partial charge in [0, 0.05) is 11.4 Å². The lowest BCUT2D eigenvalue weighted by molar-refractivity contribution is 0.132. The number of aryl methyl sites for hydroxylation is 2. The maximum Gasteiger partial charge on any atom is 0.329 e. The highest BCUT2D eigenvalue weighted by molar-refractivity contribution is 6.30. The van der Waals surface area contributed by atoms with E-state index >= 15 is 0 Å². The standard InChI is InChI=1S/C17H15ClN4O4/c18-11-4-1-10(2-5-11)3-6-14-20-15(26-21-14)7-22-16(23)12-8-25-9-13(12)19-17(22)24/h1-2,4-5H,3,6-9H2,(H,19,24). The van der Waals surface area contributed by atoms with E-state index in [4.69, 9.17) is 20.9 Å². The summed E-state index contributed by atoms with van der Waals surface area (Å²) in [5, 5.41) is 4.60. The molecule has 0 atom stereocenters. The number of aromatic amines is 1. The van der Waals surface area contributed by atoms with Crippen molar-refractivity contribution in [2.75, 3.05) is 0 Å². The number of hydrogen-bond donors (Lipinski definition) is 1. The molecule has 1 aliphatic rings. The van der Waals surface area contributed by atoms with Crippen molar-refractivity contribution in [2.24, 2.45) is 0 Å². The Morgan fingerprint density at radius 3 is 2.77 bits per heavy atom. The predicted molar refractivity (Wildman–Crippen MR) is 92.1 cm³/mol. The molecule has 2 aromatic heterocycles. The van der Waals surface area contributed by atoms with E-state index < -0.39 is 5.69 Å². The molecule has 0 saturated heterocycles. The van der Waals surface area contributed by atoms with Crippen LogP contribution in [-0.2, 0) is 37.3 Å². The molecule has 1 aromatic carbocycles. The first-order chi connectivity index (χ1) is 12.6. The molecule has 4 rings (SSSR count). The SMILES string of the molecule is O=c1[nH]c2c(c(=O)n1Cc1nc(CCc3ccc(Cl)cc3)no1)COC2. The first-order valence-electron chi connectivity index (χ1n) is 8.08. The first kappa shape index (κ1) is 16.7. The van der Waals surface area contributed by atoms with Crippen LogP contribution in [0.4, 0.5) is 0 Å². The number of benzene rings is 1. The smallest absolute Gasteiger partial charge is 0.329 e. The minimum atomic E-state index is -0.514. The van der Waals surface area contributed by atoms with Crippen molar-refractivity contribution in [1.29, 1.82) is 0 Å². The Morgan fingerprint density at radius 1 is 1.15 bits per heavy atom. The molecule has 0 unspecified atom stereocenters. The Hall–Kier alpha value is -2.71. The lowest BCUT2D eigenvalue weighted by Crippen LogP contribution is -2.37.